The van der Waals surface area contributed by atoms with Crippen molar-refractivity contribution in [2.45, 2.75) is 24.1 Å². The first-order chi connectivity index (χ1) is 4.41. The second kappa shape index (κ2) is 3.55. The summed E-state index contributed by atoms with van der Waals surface area (Å²) in [5.74, 6) is -3.35. The first-order valence-corrected chi connectivity index (χ1v) is 3.53. The Morgan fingerprint density at radius 2 is 1.90 bits per heavy atom. The third-order valence-electron chi connectivity index (χ3n) is 1.03. The Balaban J connectivity index is 4.03. The van der Waals surface area contributed by atoms with Gasteiger partial charge in [-0.3, -0.25) is 0 Å². The molecule has 1 atom stereocenters. The zero-order valence-corrected chi connectivity index (χ0v) is 6.76. The highest BCUT2D eigenvalue weighted by molar-refractivity contribution is 9.09. The summed E-state index contributed by atoms with van der Waals surface area (Å²) in [6.45, 7) is 1.15. The van der Waals surface area contributed by atoms with Crippen molar-refractivity contribution in [3.8, 4) is 0 Å². The van der Waals surface area contributed by atoms with Crippen molar-refractivity contribution >= 4 is 15.9 Å². The van der Waals surface area contributed by atoms with Gasteiger partial charge in [0.05, 0.1) is 0 Å². The van der Waals surface area contributed by atoms with Crippen LogP contribution in [-0.2, 0) is 0 Å². The summed E-state index contributed by atoms with van der Waals surface area (Å²) in [5.41, 5.74) is 0. The Bertz CT molecular complexity index is 104. The van der Waals surface area contributed by atoms with Crippen molar-refractivity contribution in [1.29, 1.82) is 0 Å². The van der Waals surface area contributed by atoms with Crippen molar-refractivity contribution in [3.63, 3.8) is 0 Å². The lowest BCUT2D eigenvalue weighted by atomic mass is 10.2. The molecule has 0 saturated carbocycles. The Hall–Kier alpha value is 0.200. The van der Waals surface area contributed by atoms with Crippen LogP contribution in [0.15, 0.2) is 0 Å². The molecule has 5 heteroatoms. The van der Waals surface area contributed by atoms with Crippen LogP contribution < -0.4 is 0 Å². The molecule has 10 heavy (non-hydrogen) atoms. The molecular formula is C5H6BrF4. The number of hydrogen-bond acceptors (Lipinski definition) is 0. The first-order valence-electron chi connectivity index (χ1n) is 2.61. The van der Waals surface area contributed by atoms with Gasteiger partial charge >= 0.3 is 6.43 Å². The largest absolute Gasteiger partial charge is 0.329 e. The monoisotopic (exact) mass is 221 g/mol. The Morgan fingerprint density at radius 3 is 2.00 bits per heavy atom. The molecule has 0 aromatic rings. The lowest BCUT2D eigenvalue weighted by Gasteiger charge is -2.18. The average molecular weight is 222 g/mol. The lowest BCUT2D eigenvalue weighted by Crippen LogP contribution is -2.29. The molecule has 0 aliphatic rings. The molecule has 1 unspecified atom stereocenters. The van der Waals surface area contributed by atoms with Crippen molar-refractivity contribution in [2.75, 3.05) is 0 Å². The van der Waals surface area contributed by atoms with E-state index in [4.69, 9.17) is 0 Å². The molecule has 1 radical (unpaired) electrons. The third kappa shape index (κ3) is 2.44. The summed E-state index contributed by atoms with van der Waals surface area (Å²) in [6, 6.07) is 0. The molecule has 0 aliphatic heterocycles. The summed E-state index contributed by atoms with van der Waals surface area (Å²) < 4.78 is 47.5. The van der Waals surface area contributed by atoms with E-state index in [2.05, 4.69) is 15.9 Å². The van der Waals surface area contributed by atoms with Gasteiger partial charge in [0.15, 0.2) is 0 Å². The minimum absolute atomic E-state index is 0.597. The van der Waals surface area contributed by atoms with Crippen molar-refractivity contribution < 1.29 is 17.6 Å². The number of halogens is 5. The highest BCUT2D eigenvalue weighted by Crippen LogP contribution is 2.35. The van der Waals surface area contributed by atoms with Crippen LogP contribution in [-0.4, -0.2) is 10.7 Å². The maximum Gasteiger partial charge on any atom is 0.329 e. The zero-order valence-electron chi connectivity index (χ0n) is 5.17. The van der Waals surface area contributed by atoms with E-state index in [1.165, 1.54) is 0 Å². The predicted molar refractivity (Wildman–Crippen MR) is 33.4 cm³/mol. The molecule has 0 aromatic heterocycles. The molecule has 0 N–H and O–H groups in total. The molecule has 0 saturated heterocycles. The van der Waals surface area contributed by atoms with E-state index < -0.39 is 23.6 Å². The minimum Gasteiger partial charge on any atom is -0.205 e. The van der Waals surface area contributed by atoms with Gasteiger partial charge in [0.1, 0.15) is 4.83 Å². The number of rotatable bonds is 3. The van der Waals surface area contributed by atoms with Crippen LogP contribution in [0.25, 0.3) is 0 Å². The van der Waals surface area contributed by atoms with Crippen molar-refractivity contribution in [2.24, 2.45) is 0 Å². The lowest BCUT2D eigenvalue weighted by molar-refractivity contribution is -0.0183. The third-order valence-corrected chi connectivity index (χ3v) is 2.05. The van der Waals surface area contributed by atoms with Gasteiger partial charge in [0.25, 0.3) is 5.92 Å². The average Bonchev–Trinajstić information content (AvgIpc) is 1.86. The minimum atomic E-state index is -3.35. The van der Waals surface area contributed by atoms with Crippen LogP contribution in [0.5, 0.6) is 0 Å². The molecule has 0 amide bonds. The van der Waals surface area contributed by atoms with E-state index >= 15 is 0 Å². The van der Waals surface area contributed by atoms with Gasteiger partial charge in [-0.1, -0.05) is 22.9 Å². The molecular weight excluding hydrogens is 216 g/mol. The van der Waals surface area contributed by atoms with Gasteiger partial charge in [0, 0.05) is 6.42 Å². The topological polar surface area (TPSA) is 0 Å². The highest BCUT2D eigenvalue weighted by Gasteiger charge is 2.42. The van der Waals surface area contributed by atoms with Crippen LogP contribution >= 0.6 is 15.9 Å². The van der Waals surface area contributed by atoms with E-state index in [-0.39, 0.29) is 0 Å². The molecule has 0 bridgehead atoms. The smallest absolute Gasteiger partial charge is 0.205 e. The summed E-state index contributed by atoms with van der Waals surface area (Å²) >= 11 is 2.19. The van der Waals surface area contributed by atoms with E-state index in [9.17, 15) is 17.6 Å². The second-order valence-corrected chi connectivity index (χ2v) is 2.68. The fourth-order valence-corrected chi connectivity index (χ4v) is 0.663. The van der Waals surface area contributed by atoms with E-state index in [0.29, 0.717) is 0 Å². The number of hydrogen-bond donors (Lipinski definition) is 0. The van der Waals surface area contributed by atoms with Crippen LogP contribution in [0.4, 0.5) is 17.6 Å². The van der Waals surface area contributed by atoms with Gasteiger partial charge in [-0.25, -0.2) is 8.78 Å². The summed E-state index contributed by atoms with van der Waals surface area (Å²) in [5, 5.41) is 0. The van der Waals surface area contributed by atoms with Crippen LogP contribution in [0.2, 0.25) is 0 Å². The standard InChI is InChI=1S/C5H6BrF4/c1-2-5(9,10)3(6)4(7)8/h3H,2H2,1H3. The zero-order chi connectivity index (χ0) is 8.36. The van der Waals surface area contributed by atoms with Crippen LogP contribution in [0, 0.1) is 6.43 Å². The second-order valence-electron chi connectivity index (χ2n) is 1.77. The Kier molecular flexibility index (Phi) is 3.62. The molecule has 0 aromatic carbocycles. The normalized spacial score (nSPS) is 15.9. The molecule has 0 heterocycles. The molecule has 0 rings (SSSR count). The maximum atomic E-state index is 12.2. The molecule has 0 fully saturated rings. The van der Waals surface area contributed by atoms with Crippen molar-refractivity contribution in [1.82, 2.24) is 0 Å². The predicted octanol–water partition coefficient (Wildman–Crippen LogP) is 3.22. The summed E-state index contributed by atoms with van der Waals surface area (Å²) in [6.07, 6.45) is -2.88. The quantitative estimate of drug-likeness (QED) is 0.508. The fraction of sp³-hybridized carbons (Fsp3) is 0.800. The van der Waals surface area contributed by atoms with Crippen LogP contribution in [0.3, 0.4) is 0 Å². The van der Waals surface area contributed by atoms with E-state index in [1.54, 1.807) is 0 Å². The maximum absolute atomic E-state index is 12.2. The molecule has 61 valence electrons. The summed E-state index contributed by atoms with van der Waals surface area (Å²) in [4.78, 5) is -2.11. The van der Waals surface area contributed by atoms with Crippen molar-refractivity contribution in [3.05, 3.63) is 6.43 Å². The Labute approximate surface area is 64.7 Å². The molecule has 0 aliphatic carbocycles. The van der Waals surface area contributed by atoms with Crippen LogP contribution in [0.1, 0.15) is 13.3 Å². The molecule has 0 nitrogen and oxygen atoms in total. The fourth-order valence-electron chi connectivity index (χ4n) is 0.339. The first kappa shape index (κ1) is 10.2. The summed E-state index contributed by atoms with van der Waals surface area (Å²) in [7, 11) is 0. The van der Waals surface area contributed by atoms with Gasteiger partial charge in [-0.15, -0.1) is 0 Å². The number of alkyl halides is 3. The highest BCUT2D eigenvalue weighted by atomic mass is 79.9. The van der Waals surface area contributed by atoms with Gasteiger partial charge in [0.2, 0.25) is 0 Å². The van der Waals surface area contributed by atoms with E-state index in [0.717, 1.165) is 6.92 Å². The van der Waals surface area contributed by atoms with Gasteiger partial charge in [-0.2, -0.15) is 8.78 Å². The molecule has 0 spiro atoms. The van der Waals surface area contributed by atoms with E-state index in [1.807, 2.05) is 0 Å². The SMILES string of the molecule is CCC(F)(F)C(Br)[C](F)F. The van der Waals surface area contributed by atoms with Gasteiger partial charge in [-0.05, 0) is 0 Å². The Morgan fingerprint density at radius 1 is 1.50 bits per heavy atom. The van der Waals surface area contributed by atoms with Gasteiger partial charge < -0.3 is 0 Å².